The van der Waals surface area contributed by atoms with Gasteiger partial charge in [0.15, 0.2) is 0 Å². The molecule has 0 aliphatic heterocycles. The van der Waals surface area contributed by atoms with Gasteiger partial charge in [-0.2, -0.15) is 13.2 Å². The number of hydrogen-bond donors (Lipinski definition) is 1. The molecule has 2 amide bonds. The Labute approximate surface area is 225 Å². The number of carbonyl (C=O) groups excluding carboxylic acids is 2. The highest BCUT2D eigenvalue weighted by Gasteiger charge is 2.44. The first-order valence-electron chi connectivity index (χ1n) is 10.3. The molecule has 0 unspecified atom stereocenters. The predicted octanol–water partition coefficient (Wildman–Crippen LogP) is 7.07. The lowest BCUT2D eigenvalue weighted by Crippen LogP contribution is -2.55. The summed E-state index contributed by atoms with van der Waals surface area (Å²) in [6.45, 7) is -0.812. The van der Waals surface area contributed by atoms with Gasteiger partial charge >= 0.3 is 12.3 Å². The van der Waals surface area contributed by atoms with E-state index in [2.05, 4.69) is 0 Å². The molecule has 6 nitrogen and oxygen atoms in total. The summed E-state index contributed by atoms with van der Waals surface area (Å²) in [5.41, 5.74) is -1.05. The van der Waals surface area contributed by atoms with Gasteiger partial charge in [-0.1, -0.05) is 58.5 Å². The van der Waals surface area contributed by atoms with Crippen molar-refractivity contribution >= 4 is 64.7 Å². The molecule has 0 bridgehead atoms. The van der Waals surface area contributed by atoms with Crippen LogP contribution in [0.2, 0.25) is 20.1 Å². The molecule has 0 aliphatic carbocycles. The van der Waals surface area contributed by atoms with Crippen molar-refractivity contribution < 1.29 is 32.7 Å². The van der Waals surface area contributed by atoms with Gasteiger partial charge in [0, 0.05) is 20.0 Å². The van der Waals surface area contributed by atoms with Crippen LogP contribution in [0.25, 0.3) is 0 Å². The monoisotopic (exact) mass is 586 g/mol. The van der Waals surface area contributed by atoms with E-state index >= 15 is 0 Å². The Hall–Kier alpha value is -2.20. The molecule has 2 aromatic rings. The normalized spacial score (nSPS) is 13.1. The quantitative estimate of drug-likeness (QED) is 0.302. The molecule has 0 saturated heterocycles. The van der Waals surface area contributed by atoms with Gasteiger partial charge in [0.1, 0.15) is 12.7 Å². The topological polar surface area (TPSA) is 77.9 Å². The smallest absolute Gasteiger partial charge is 0.408 e. The van der Waals surface area contributed by atoms with Crippen molar-refractivity contribution in [3.05, 3.63) is 67.6 Å². The van der Waals surface area contributed by atoms with Gasteiger partial charge in [-0.25, -0.2) is 4.79 Å². The molecule has 0 heterocycles. The Balaban J connectivity index is 2.70. The third-order valence-corrected chi connectivity index (χ3v) is 6.96. The molecule has 2 aromatic carbocycles. The second-order valence-corrected chi connectivity index (χ2v) is 9.65. The third kappa shape index (κ3) is 7.65. The molecular formula is C23H21Cl4F3N2O4. The number of nitrogens with zero attached hydrogens (tertiary/aromatic N) is 2. The van der Waals surface area contributed by atoms with E-state index in [-0.39, 0.29) is 45.0 Å². The summed E-state index contributed by atoms with van der Waals surface area (Å²) in [7, 11) is 1.13. The van der Waals surface area contributed by atoms with E-state index in [1.165, 1.54) is 36.4 Å². The zero-order chi connectivity index (χ0) is 27.3. The van der Waals surface area contributed by atoms with Gasteiger partial charge in [0.25, 0.3) is 0 Å². The number of rotatable bonds is 10. The standard InChI is InChI=1S/C23H21Cl4F3N2O4/c1-31(20(34)11-23(28,29)30)13-22(7-2-8-33,15-4-6-17(25)19(27)10-15)32(21(35)36)12-14-3-5-16(24)18(26)9-14/h3-6,8-10H,2,7,11-13H2,1H3,(H,35,36)/t22-/m1/s1. The minimum atomic E-state index is -4.77. The van der Waals surface area contributed by atoms with Crippen molar-refractivity contribution in [2.24, 2.45) is 0 Å². The number of amides is 2. The van der Waals surface area contributed by atoms with E-state index in [1.54, 1.807) is 0 Å². The van der Waals surface area contributed by atoms with Gasteiger partial charge in [-0.05, 0) is 41.8 Å². The number of hydrogen-bond acceptors (Lipinski definition) is 3. The molecular weight excluding hydrogens is 567 g/mol. The van der Waals surface area contributed by atoms with Crippen LogP contribution in [0.3, 0.4) is 0 Å². The lowest BCUT2D eigenvalue weighted by atomic mass is 9.82. The van der Waals surface area contributed by atoms with Crippen LogP contribution >= 0.6 is 46.4 Å². The second-order valence-electron chi connectivity index (χ2n) is 8.02. The highest BCUT2D eigenvalue weighted by molar-refractivity contribution is 6.42. The first kappa shape index (κ1) is 30.0. The van der Waals surface area contributed by atoms with E-state index in [0.29, 0.717) is 11.8 Å². The molecule has 0 aliphatic rings. The van der Waals surface area contributed by atoms with Crippen molar-refractivity contribution in [3.8, 4) is 0 Å². The maximum Gasteiger partial charge on any atom is 0.408 e. The fraction of sp³-hybridized carbons (Fsp3) is 0.348. The lowest BCUT2D eigenvalue weighted by Gasteiger charge is -2.45. The second kappa shape index (κ2) is 12.4. The van der Waals surface area contributed by atoms with Gasteiger partial charge in [-0.15, -0.1) is 0 Å². The molecule has 0 fully saturated rings. The van der Waals surface area contributed by atoms with E-state index in [1.807, 2.05) is 0 Å². The van der Waals surface area contributed by atoms with E-state index in [0.717, 1.165) is 16.8 Å². The maximum atomic E-state index is 12.9. The van der Waals surface area contributed by atoms with Crippen LogP contribution in [0.4, 0.5) is 18.0 Å². The van der Waals surface area contributed by atoms with Gasteiger partial charge in [-0.3, -0.25) is 9.69 Å². The molecule has 196 valence electrons. The van der Waals surface area contributed by atoms with Crippen LogP contribution in [0.5, 0.6) is 0 Å². The van der Waals surface area contributed by atoms with Crippen LogP contribution in [0.15, 0.2) is 36.4 Å². The Kier molecular flexibility index (Phi) is 10.3. The highest BCUT2D eigenvalue weighted by Crippen LogP contribution is 2.39. The number of aldehydes is 1. The first-order chi connectivity index (χ1) is 16.7. The molecule has 0 spiro atoms. The van der Waals surface area contributed by atoms with Crippen molar-refractivity contribution in [1.82, 2.24) is 9.80 Å². The fourth-order valence-electron chi connectivity index (χ4n) is 3.78. The zero-order valence-corrected chi connectivity index (χ0v) is 21.8. The summed E-state index contributed by atoms with van der Waals surface area (Å²) < 4.78 is 38.7. The van der Waals surface area contributed by atoms with Crippen LogP contribution in [-0.2, 0) is 21.7 Å². The van der Waals surface area contributed by atoms with Gasteiger partial charge in [0.05, 0.1) is 32.2 Å². The molecule has 36 heavy (non-hydrogen) atoms. The number of alkyl halides is 3. The number of halogens is 7. The van der Waals surface area contributed by atoms with Crippen LogP contribution in [0, 0.1) is 0 Å². The molecule has 0 aromatic heterocycles. The summed E-state index contributed by atoms with van der Waals surface area (Å²) in [4.78, 5) is 38.1. The van der Waals surface area contributed by atoms with Crippen LogP contribution in [0.1, 0.15) is 30.4 Å². The average molecular weight is 588 g/mol. The largest absolute Gasteiger partial charge is 0.465 e. The molecule has 2 rings (SSSR count). The molecule has 1 atom stereocenters. The van der Waals surface area contributed by atoms with Gasteiger partial charge in [0.2, 0.25) is 5.91 Å². The SMILES string of the molecule is CN(C[C@](CCC=O)(c1ccc(Cl)c(Cl)c1)N(Cc1ccc(Cl)c(Cl)c1)C(=O)O)C(=O)CC(F)(F)F. The minimum absolute atomic E-state index is 0.0498. The summed E-state index contributed by atoms with van der Waals surface area (Å²) in [6.07, 6.45) is -7.78. The number of benzene rings is 2. The summed E-state index contributed by atoms with van der Waals surface area (Å²) >= 11 is 24.3. The third-order valence-electron chi connectivity index (χ3n) is 5.48. The van der Waals surface area contributed by atoms with Crippen molar-refractivity contribution in [3.63, 3.8) is 0 Å². The number of likely N-dealkylation sites (N-methyl/N-ethyl adjacent to an activating group) is 1. The maximum absolute atomic E-state index is 12.9. The average Bonchev–Trinajstić information content (AvgIpc) is 2.78. The van der Waals surface area contributed by atoms with Crippen molar-refractivity contribution in [2.45, 2.75) is 37.5 Å². The fourth-order valence-corrected chi connectivity index (χ4v) is 4.40. The van der Waals surface area contributed by atoms with E-state index < -0.39 is 36.7 Å². The Bertz CT molecular complexity index is 1130. The zero-order valence-electron chi connectivity index (χ0n) is 18.8. The number of carboxylic acid groups (broad SMARTS) is 1. The van der Waals surface area contributed by atoms with E-state index in [9.17, 15) is 32.7 Å². The van der Waals surface area contributed by atoms with Gasteiger partial charge < -0.3 is 14.8 Å². The number of carbonyl (C=O) groups is 3. The summed E-state index contributed by atoms with van der Waals surface area (Å²) in [5, 5.41) is 10.8. The predicted molar refractivity (Wildman–Crippen MR) is 132 cm³/mol. The summed E-state index contributed by atoms with van der Waals surface area (Å²) in [5.74, 6) is -1.28. The van der Waals surface area contributed by atoms with Crippen LogP contribution in [-0.4, -0.2) is 53.0 Å². The van der Waals surface area contributed by atoms with Crippen LogP contribution < -0.4 is 0 Å². The molecule has 1 N–H and O–H groups in total. The van der Waals surface area contributed by atoms with Crippen molar-refractivity contribution in [2.75, 3.05) is 13.6 Å². The highest BCUT2D eigenvalue weighted by atomic mass is 35.5. The Morgan fingerprint density at radius 1 is 0.972 bits per heavy atom. The lowest BCUT2D eigenvalue weighted by molar-refractivity contribution is -0.161. The van der Waals surface area contributed by atoms with Crippen molar-refractivity contribution in [1.29, 1.82) is 0 Å². The minimum Gasteiger partial charge on any atom is -0.465 e. The Morgan fingerprint density at radius 2 is 1.56 bits per heavy atom. The Morgan fingerprint density at radius 3 is 2.06 bits per heavy atom. The van der Waals surface area contributed by atoms with E-state index in [4.69, 9.17) is 46.4 Å². The molecule has 0 radical (unpaired) electrons. The first-order valence-corrected chi connectivity index (χ1v) is 11.9. The molecule has 0 saturated carbocycles. The molecule has 13 heteroatoms. The summed E-state index contributed by atoms with van der Waals surface area (Å²) in [6, 6.07) is 8.64.